The lowest BCUT2D eigenvalue weighted by Gasteiger charge is -2.17. The van der Waals surface area contributed by atoms with Gasteiger partial charge in [-0.15, -0.1) is 0 Å². The van der Waals surface area contributed by atoms with Crippen LogP contribution in [0.1, 0.15) is 24.1 Å². The molecule has 0 aliphatic rings. The van der Waals surface area contributed by atoms with E-state index in [9.17, 15) is 8.78 Å². The summed E-state index contributed by atoms with van der Waals surface area (Å²) >= 11 is 0. The lowest BCUT2D eigenvalue weighted by molar-refractivity contribution is 0.340. The van der Waals surface area contributed by atoms with Crippen LogP contribution in [0.15, 0.2) is 42.5 Å². The summed E-state index contributed by atoms with van der Waals surface area (Å²) in [6.45, 7) is 2.56. The predicted octanol–water partition coefficient (Wildman–Crippen LogP) is 3.87. The zero-order valence-electron chi connectivity index (χ0n) is 12.2. The largest absolute Gasteiger partial charge is 0.494 e. The van der Waals surface area contributed by atoms with E-state index in [-0.39, 0.29) is 6.04 Å². The second-order valence-electron chi connectivity index (χ2n) is 4.83. The minimum Gasteiger partial charge on any atom is -0.494 e. The Kier molecular flexibility index (Phi) is 5.28. The first kappa shape index (κ1) is 15.4. The standard InChI is InChI=1S/C17H19F2NO/c1-3-21-16-6-4-13(5-7-16)17(20-2)10-12-8-14(18)11-15(19)9-12/h4-9,11,17,20H,3,10H2,1-2H3. The molecule has 0 aromatic heterocycles. The van der Waals surface area contributed by atoms with E-state index >= 15 is 0 Å². The fourth-order valence-electron chi connectivity index (χ4n) is 2.31. The summed E-state index contributed by atoms with van der Waals surface area (Å²) in [6, 6.07) is 11.3. The molecule has 0 bridgehead atoms. The Morgan fingerprint density at radius 1 is 1.05 bits per heavy atom. The van der Waals surface area contributed by atoms with Crippen molar-refractivity contribution in [2.45, 2.75) is 19.4 Å². The molecule has 0 saturated carbocycles. The number of halogens is 2. The summed E-state index contributed by atoms with van der Waals surface area (Å²) in [5.41, 5.74) is 1.67. The van der Waals surface area contributed by atoms with Crippen molar-refractivity contribution in [1.29, 1.82) is 0 Å². The normalized spacial score (nSPS) is 12.2. The van der Waals surface area contributed by atoms with E-state index < -0.39 is 11.6 Å². The molecule has 112 valence electrons. The molecular formula is C17H19F2NO. The second-order valence-corrected chi connectivity index (χ2v) is 4.83. The van der Waals surface area contributed by atoms with Gasteiger partial charge < -0.3 is 10.1 Å². The van der Waals surface area contributed by atoms with Gasteiger partial charge in [0.05, 0.1) is 6.61 Å². The van der Waals surface area contributed by atoms with Crippen molar-refractivity contribution in [1.82, 2.24) is 5.32 Å². The third-order valence-electron chi connectivity index (χ3n) is 3.30. The molecule has 21 heavy (non-hydrogen) atoms. The van der Waals surface area contributed by atoms with Crippen LogP contribution in [0.25, 0.3) is 0 Å². The minimum absolute atomic E-state index is 0.0122. The molecule has 1 atom stereocenters. The fraction of sp³-hybridized carbons (Fsp3) is 0.294. The Hall–Kier alpha value is -1.94. The number of hydrogen-bond acceptors (Lipinski definition) is 2. The fourth-order valence-corrected chi connectivity index (χ4v) is 2.31. The molecule has 0 aliphatic carbocycles. The molecule has 0 fully saturated rings. The Bertz CT molecular complexity index is 564. The van der Waals surface area contributed by atoms with Gasteiger partial charge in [-0.05, 0) is 55.8 Å². The molecule has 0 heterocycles. The van der Waals surface area contributed by atoms with Crippen LogP contribution >= 0.6 is 0 Å². The van der Waals surface area contributed by atoms with Crippen molar-refractivity contribution < 1.29 is 13.5 Å². The molecule has 0 amide bonds. The predicted molar refractivity (Wildman–Crippen MR) is 79.5 cm³/mol. The molecule has 0 saturated heterocycles. The highest BCUT2D eigenvalue weighted by Gasteiger charge is 2.12. The van der Waals surface area contributed by atoms with E-state index in [4.69, 9.17) is 4.74 Å². The molecule has 0 radical (unpaired) electrons. The van der Waals surface area contributed by atoms with Crippen molar-refractivity contribution in [2.24, 2.45) is 0 Å². The van der Waals surface area contributed by atoms with Crippen LogP contribution in [0, 0.1) is 11.6 Å². The van der Waals surface area contributed by atoms with Crippen molar-refractivity contribution in [3.8, 4) is 5.75 Å². The summed E-state index contributed by atoms with van der Waals surface area (Å²) in [5, 5.41) is 3.17. The molecule has 1 N–H and O–H groups in total. The van der Waals surface area contributed by atoms with Gasteiger partial charge in [0, 0.05) is 12.1 Å². The van der Waals surface area contributed by atoms with Crippen LogP contribution in [-0.4, -0.2) is 13.7 Å². The van der Waals surface area contributed by atoms with Crippen molar-refractivity contribution in [2.75, 3.05) is 13.7 Å². The summed E-state index contributed by atoms with van der Waals surface area (Å²) in [5.74, 6) is -0.286. The maximum atomic E-state index is 13.2. The molecule has 2 nitrogen and oxygen atoms in total. The van der Waals surface area contributed by atoms with Crippen molar-refractivity contribution >= 4 is 0 Å². The third-order valence-corrected chi connectivity index (χ3v) is 3.30. The number of benzene rings is 2. The van der Waals surface area contributed by atoms with E-state index in [0.717, 1.165) is 17.4 Å². The first-order valence-electron chi connectivity index (χ1n) is 6.97. The smallest absolute Gasteiger partial charge is 0.126 e. The molecule has 2 aromatic carbocycles. The Morgan fingerprint density at radius 3 is 2.19 bits per heavy atom. The first-order chi connectivity index (χ1) is 10.1. The second kappa shape index (κ2) is 7.18. The average molecular weight is 291 g/mol. The topological polar surface area (TPSA) is 21.3 Å². The number of nitrogens with one attached hydrogen (secondary N) is 1. The number of likely N-dealkylation sites (N-methyl/N-ethyl adjacent to an activating group) is 1. The highest BCUT2D eigenvalue weighted by Crippen LogP contribution is 2.22. The van der Waals surface area contributed by atoms with Gasteiger partial charge in [0.1, 0.15) is 17.4 Å². The van der Waals surface area contributed by atoms with Crippen molar-refractivity contribution in [3.63, 3.8) is 0 Å². The minimum atomic E-state index is -0.549. The van der Waals surface area contributed by atoms with Gasteiger partial charge in [0.25, 0.3) is 0 Å². The lowest BCUT2D eigenvalue weighted by Crippen LogP contribution is -2.19. The van der Waals surface area contributed by atoms with Gasteiger partial charge in [-0.1, -0.05) is 12.1 Å². The monoisotopic (exact) mass is 291 g/mol. The number of hydrogen-bond donors (Lipinski definition) is 1. The first-order valence-corrected chi connectivity index (χ1v) is 6.97. The van der Waals surface area contributed by atoms with Crippen LogP contribution in [-0.2, 0) is 6.42 Å². The van der Waals surface area contributed by atoms with Gasteiger partial charge in [0.2, 0.25) is 0 Å². The SMILES string of the molecule is CCOc1ccc(C(Cc2cc(F)cc(F)c2)NC)cc1. The maximum Gasteiger partial charge on any atom is 0.126 e. The zero-order valence-corrected chi connectivity index (χ0v) is 12.2. The molecule has 0 aliphatic heterocycles. The van der Waals surface area contributed by atoms with Crippen LogP contribution in [0.2, 0.25) is 0 Å². The van der Waals surface area contributed by atoms with Gasteiger partial charge >= 0.3 is 0 Å². The molecule has 0 spiro atoms. The van der Waals surface area contributed by atoms with E-state index in [1.54, 1.807) is 0 Å². The zero-order chi connectivity index (χ0) is 15.2. The summed E-state index contributed by atoms with van der Waals surface area (Å²) in [6.07, 6.45) is 0.513. The molecule has 2 rings (SSSR count). The van der Waals surface area contributed by atoms with Crippen LogP contribution in [0.5, 0.6) is 5.75 Å². The summed E-state index contributed by atoms with van der Waals surface area (Å²) in [4.78, 5) is 0. The van der Waals surface area contributed by atoms with Crippen LogP contribution in [0.4, 0.5) is 8.78 Å². The maximum absolute atomic E-state index is 13.2. The van der Waals surface area contributed by atoms with E-state index in [0.29, 0.717) is 18.6 Å². The van der Waals surface area contributed by atoms with Gasteiger partial charge in [0.15, 0.2) is 0 Å². The average Bonchev–Trinajstić information content (AvgIpc) is 2.45. The van der Waals surface area contributed by atoms with Crippen LogP contribution in [0.3, 0.4) is 0 Å². The summed E-state index contributed by atoms with van der Waals surface area (Å²) in [7, 11) is 1.83. The van der Waals surface area contributed by atoms with Gasteiger partial charge in [-0.25, -0.2) is 8.78 Å². The quantitative estimate of drug-likeness (QED) is 0.872. The lowest BCUT2D eigenvalue weighted by atomic mass is 9.99. The molecular weight excluding hydrogens is 272 g/mol. The highest BCUT2D eigenvalue weighted by atomic mass is 19.1. The van der Waals surface area contributed by atoms with Gasteiger partial charge in [-0.3, -0.25) is 0 Å². The molecule has 4 heteroatoms. The Labute approximate surface area is 123 Å². The van der Waals surface area contributed by atoms with E-state index in [2.05, 4.69) is 5.32 Å². The van der Waals surface area contributed by atoms with Gasteiger partial charge in [-0.2, -0.15) is 0 Å². The van der Waals surface area contributed by atoms with E-state index in [1.807, 2.05) is 38.2 Å². The Balaban J connectivity index is 2.15. The molecule has 2 aromatic rings. The van der Waals surface area contributed by atoms with E-state index in [1.165, 1.54) is 12.1 Å². The highest BCUT2D eigenvalue weighted by molar-refractivity contribution is 5.30. The number of rotatable bonds is 6. The molecule has 1 unspecified atom stereocenters. The van der Waals surface area contributed by atoms with Crippen LogP contribution < -0.4 is 10.1 Å². The Morgan fingerprint density at radius 2 is 1.67 bits per heavy atom. The summed E-state index contributed by atoms with van der Waals surface area (Å²) < 4.78 is 31.9. The van der Waals surface area contributed by atoms with Crippen molar-refractivity contribution in [3.05, 3.63) is 65.2 Å². The third kappa shape index (κ3) is 4.26. The number of ether oxygens (including phenoxy) is 1.